The number of thiophene rings is 1. The van der Waals surface area contributed by atoms with Crippen LogP contribution in [0.3, 0.4) is 0 Å². The molecule has 7 nitrogen and oxygen atoms in total. The minimum Gasteiger partial charge on any atom is -0.351 e. The van der Waals surface area contributed by atoms with Crippen molar-refractivity contribution in [2.75, 3.05) is 18.4 Å². The third-order valence-corrected chi connectivity index (χ3v) is 4.25. The first kappa shape index (κ1) is 15.2. The van der Waals surface area contributed by atoms with E-state index in [0.717, 1.165) is 16.1 Å². The second kappa shape index (κ2) is 7.01. The number of amides is 1. The average Bonchev–Trinajstić information content (AvgIpc) is 3.21. The highest BCUT2D eigenvalue weighted by molar-refractivity contribution is 7.12. The summed E-state index contributed by atoms with van der Waals surface area (Å²) in [4.78, 5) is 12.8. The minimum absolute atomic E-state index is 0.0537. The summed E-state index contributed by atoms with van der Waals surface area (Å²) >= 11 is 1.44. The molecule has 2 N–H and O–H groups in total. The number of nitrogens with one attached hydrogen (secondary N) is 2. The van der Waals surface area contributed by atoms with E-state index in [4.69, 9.17) is 0 Å². The molecule has 2 heterocycles. The second-order valence-electron chi connectivity index (χ2n) is 4.87. The Morgan fingerprint density at radius 1 is 1.22 bits per heavy atom. The quantitative estimate of drug-likeness (QED) is 0.675. The van der Waals surface area contributed by atoms with Crippen LogP contribution in [0.15, 0.2) is 41.8 Å². The van der Waals surface area contributed by atoms with Gasteiger partial charge in [0.25, 0.3) is 5.91 Å². The van der Waals surface area contributed by atoms with E-state index in [1.165, 1.54) is 11.3 Å². The third kappa shape index (κ3) is 3.54. The van der Waals surface area contributed by atoms with Crippen molar-refractivity contribution < 1.29 is 4.79 Å². The molecule has 0 bridgehead atoms. The molecular formula is C15H16N6OS. The van der Waals surface area contributed by atoms with Gasteiger partial charge in [-0.3, -0.25) is 4.79 Å². The van der Waals surface area contributed by atoms with Gasteiger partial charge in [-0.1, -0.05) is 23.3 Å². The van der Waals surface area contributed by atoms with E-state index >= 15 is 0 Å². The lowest BCUT2D eigenvalue weighted by atomic mass is 10.3. The summed E-state index contributed by atoms with van der Waals surface area (Å²) in [7, 11) is 0. The summed E-state index contributed by atoms with van der Waals surface area (Å²) < 4.78 is 1.62. The zero-order valence-electron chi connectivity index (χ0n) is 12.6. The van der Waals surface area contributed by atoms with Crippen LogP contribution in [0.25, 0.3) is 5.69 Å². The average molecular weight is 328 g/mol. The highest BCUT2D eigenvalue weighted by atomic mass is 32.1. The van der Waals surface area contributed by atoms with Crippen LogP contribution in [-0.4, -0.2) is 39.2 Å². The van der Waals surface area contributed by atoms with Gasteiger partial charge in [0.2, 0.25) is 5.95 Å². The predicted octanol–water partition coefficient (Wildman–Crippen LogP) is 1.87. The number of tetrazole rings is 1. The topological polar surface area (TPSA) is 84.7 Å². The maximum absolute atomic E-state index is 12.0. The van der Waals surface area contributed by atoms with Crippen molar-refractivity contribution in [1.29, 1.82) is 0 Å². The van der Waals surface area contributed by atoms with Crippen molar-refractivity contribution in [2.24, 2.45) is 0 Å². The van der Waals surface area contributed by atoms with Crippen LogP contribution in [0.2, 0.25) is 0 Å². The number of aromatic nitrogens is 4. The Labute approximate surface area is 137 Å². The lowest BCUT2D eigenvalue weighted by molar-refractivity contribution is 0.0958. The zero-order chi connectivity index (χ0) is 16.1. The normalized spacial score (nSPS) is 10.5. The van der Waals surface area contributed by atoms with Crippen molar-refractivity contribution in [3.05, 3.63) is 52.2 Å². The SMILES string of the molecule is Cc1ccsc1C(=O)NCCNc1nnnn1-c1ccccc1. The summed E-state index contributed by atoms with van der Waals surface area (Å²) in [5.41, 5.74) is 1.87. The molecule has 2 aromatic heterocycles. The number of rotatable bonds is 6. The lowest BCUT2D eigenvalue weighted by Gasteiger charge is -2.08. The van der Waals surface area contributed by atoms with Crippen molar-refractivity contribution in [2.45, 2.75) is 6.92 Å². The Kier molecular flexibility index (Phi) is 4.62. The van der Waals surface area contributed by atoms with Crippen LogP contribution in [0.4, 0.5) is 5.95 Å². The van der Waals surface area contributed by atoms with Crippen LogP contribution in [0.5, 0.6) is 0 Å². The first-order chi connectivity index (χ1) is 11.3. The van der Waals surface area contributed by atoms with Gasteiger partial charge >= 0.3 is 0 Å². The number of aryl methyl sites for hydroxylation is 1. The molecule has 3 aromatic rings. The highest BCUT2D eigenvalue weighted by Gasteiger charge is 2.10. The third-order valence-electron chi connectivity index (χ3n) is 3.23. The summed E-state index contributed by atoms with van der Waals surface area (Å²) in [5, 5.41) is 19.5. The van der Waals surface area contributed by atoms with Gasteiger partial charge in [0.1, 0.15) is 0 Å². The van der Waals surface area contributed by atoms with Gasteiger partial charge in [-0.25, -0.2) is 0 Å². The number of benzene rings is 1. The summed E-state index contributed by atoms with van der Waals surface area (Å²) in [6.45, 7) is 2.94. The molecule has 0 aliphatic heterocycles. The van der Waals surface area contributed by atoms with Gasteiger partial charge in [-0.15, -0.1) is 11.3 Å². The molecule has 0 aliphatic carbocycles. The molecule has 0 saturated carbocycles. The molecule has 118 valence electrons. The number of carbonyl (C=O) groups is 1. The van der Waals surface area contributed by atoms with Crippen LogP contribution >= 0.6 is 11.3 Å². The zero-order valence-corrected chi connectivity index (χ0v) is 13.4. The fraction of sp³-hybridized carbons (Fsp3) is 0.200. The molecule has 0 radical (unpaired) electrons. The standard InChI is InChI=1S/C15H16N6OS/c1-11-7-10-23-13(11)14(22)16-8-9-17-15-18-19-20-21(15)12-5-3-2-4-6-12/h2-7,10H,8-9H2,1H3,(H,16,22)(H,17,18,20). The number of hydrogen-bond acceptors (Lipinski definition) is 6. The molecule has 0 atom stereocenters. The van der Waals surface area contributed by atoms with Crippen molar-refractivity contribution in [3.8, 4) is 5.69 Å². The Bertz CT molecular complexity index is 782. The summed E-state index contributed by atoms with van der Waals surface area (Å²) in [6, 6.07) is 11.6. The Balaban J connectivity index is 1.53. The van der Waals surface area contributed by atoms with Crippen molar-refractivity contribution in [1.82, 2.24) is 25.5 Å². The van der Waals surface area contributed by atoms with Gasteiger partial charge in [0.05, 0.1) is 10.6 Å². The number of para-hydroxylation sites is 1. The molecule has 8 heteroatoms. The van der Waals surface area contributed by atoms with E-state index in [9.17, 15) is 4.79 Å². The van der Waals surface area contributed by atoms with E-state index < -0.39 is 0 Å². The molecule has 0 saturated heterocycles. The van der Waals surface area contributed by atoms with E-state index in [0.29, 0.717) is 19.0 Å². The van der Waals surface area contributed by atoms with Crippen LogP contribution in [-0.2, 0) is 0 Å². The van der Waals surface area contributed by atoms with Gasteiger partial charge in [0.15, 0.2) is 0 Å². The molecule has 0 fully saturated rings. The molecule has 0 aliphatic rings. The summed E-state index contributed by atoms with van der Waals surface area (Å²) in [5.74, 6) is 0.486. The molecule has 0 spiro atoms. The van der Waals surface area contributed by atoms with E-state index in [2.05, 4.69) is 26.2 Å². The number of carbonyl (C=O) groups excluding carboxylic acids is 1. The first-order valence-corrected chi connectivity index (χ1v) is 8.03. The minimum atomic E-state index is -0.0537. The van der Waals surface area contributed by atoms with Crippen LogP contribution in [0.1, 0.15) is 15.2 Å². The Morgan fingerprint density at radius 2 is 2.04 bits per heavy atom. The monoisotopic (exact) mass is 328 g/mol. The van der Waals surface area contributed by atoms with Gasteiger partial charge in [0, 0.05) is 13.1 Å². The molecule has 1 aromatic carbocycles. The number of nitrogens with zero attached hydrogens (tertiary/aromatic N) is 4. The van der Waals surface area contributed by atoms with Gasteiger partial charge in [-0.2, -0.15) is 4.68 Å². The number of anilines is 1. The Hall–Kier alpha value is -2.74. The van der Waals surface area contributed by atoms with E-state index in [-0.39, 0.29) is 5.91 Å². The first-order valence-electron chi connectivity index (χ1n) is 7.15. The molecule has 1 amide bonds. The molecule has 23 heavy (non-hydrogen) atoms. The van der Waals surface area contributed by atoms with Crippen molar-refractivity contribution in [3.63, 3.8) is 0 Å². The van der Waals surface area contributed by atoms with Crippen LogP contribution in [0, 0.1) is 6.92 Å². The lowest BCUT2D eigenvalue weighted by Crippen LogP contribution is -2.29. The molecule has 3 rings (SSSR count). The van der Waals surface area contributed by atoms with Gasteiger partial charge < -0.3 is 10.6 Å². The maximum Gasteiger partial charge on any atom is 0.261 e. The second-order valence-corrected chi connectivity index (χ2v) is 5.78. The Morgan fingerprint density at radius 3 is 2.78 bits per heavy atom. The molecular weight excluding hydrogens is 312 g/mol. The van der Waals surface area contributed by atoms with E-state index in [1.807, 2.05) is 48.7 Å². The van der Waals surface area contributed by atoms with E-state index in [1.54, 1.807) is 4.68 Å². The maximum atomic E-state index is 12.0. The van der Waals surface area contributed by atoms with Crippen LogP contribution < -0.4 is 10.6 Å². The van der Waals surface area contributed by atoms with Crippen molar-refractivity contribution >= 4 is 23.2 Å². The summed E-state index contributed by atoms with van der Waals surface area (Å²) in [6.07, 6.45) is 0. The molecule has 0 unspecified atom stereocenters. The number of hydrogen-bond donors (Lipinski definition) is 2. The van der Waals surface area contributed by atoms with Gasteiger partial charge in [-0.05, 0) is 46.5 Å². The highest BCUT2D eigenvalue weighted by Crippen LogP contribution is 2.14. The smallest absolute Gasteiger partial charge is 0.261 e. The predicted molar refractivity (Wildman–Crippen MR) is 89.0 cm³/mol. The fourth-order valence-electron chi connectivity index (χ4n) is 2.08. The largest absolute Gasteiger partial charge is 0.351 e. The fourth-order valence-corrected chi connectivity index (χ4v) is 2.92.